The van der Waals surface area contributed by atoms with E-state index in [1.807, 2.05) is 46.7 Å². The van der Waals surface area contributed by atoms with Gasteiger partial charge in [0, 0.05) is 43.0 Å². The molecule has 0 saturated carbocycles. The molecule has 4 rings (SSSR count). The van der Waals surface area contributed by atoms with E-state index in [-0.39, 0.29) is 18.4 Å². The first-order valence-corrected chi connectivity index (χ1v) is 10.9. The molecular weight excluding hydrogens is 406 g/mol. The topological polar surface area (TPSA) is 55.3 Å². The molecular formula is C22H22ClN3O2S. The molecule has 0 N–H and O–H groups in total. The van der Waals surface area contributed by atoms with Crippen LogP contribution in [0.15, 0.2) is 54.2 Å². The smallest absolute Gasteiger partial charge is 0.229 e. The van der Waals surface area contributed by atoms with Crippen LogP contribution < -0.4 is 0 Å². The number of ether oxygens (including phenoxy) is 1. The number of aromatic nitrogens is 2. The molecule has 1 unspecified atom stereocenters. The lowest BCUT2D eigenvalue weighted by Gasteiger charge is -2.25. The molecule has 150 valence electrons. The van der Waals surface area contributed by atoms with E-state index in [1.54, 1.807) is 12.4 Å². The van der Waals surface area contributed by atoms with Gasteiger partial charge in [0.1, 0.15) is 5.01 Å². The average Bonchev–Trinajstić information content (AvgIpc) is 3.41. The Morgan fingerprint density at radius 1 is 1.28 bits per heavy atom. The van der Waals surface area contributed by atoms with Gasteiger partial charge in [-0.05, 0) is 30.5 Å². The third-order valence-corrected chi connectivity index (χ3v) is 6.14. The summed E-state index contributed by atoms with van der Waals surface area (Å²) in [6, 6.07) is 11.5. The summed E-state index contributed by atoms with van der Waals surface area (Å²) < 4.78 is 5.76. The molecule has 5 nitrogen and oxygen atoms in total. The summed E-state index contributed by atoms with van der Waals surface area (Å²) >= 11 is 7.79. The van der Waals surface area contributed by atoms with Gasteiger partial charge in [-0.1, -0.05) is 35.9 Å². The number of hydrogen-bond donors (Lipinski definition) is 0. The molecule has 0 aliphatic carbocycles. The van der Waals surface area contributed by atoms with E-state index in [1.165, 1.54) is 11.3 Å². The van der Waals surface area contributed by atoms with Crippen LogP contribution >= 0.6 is 22.9 Å². The van der Waals surface area contributed by atoms with Crippen LogP contribution in [0, 0.1) is 0 Å². The molecule has 3 heterocycles. The Morgan fingerprint density at radius 2 is 2.17 bits per heavy atom. The predicted molar refractivity (Wildman–Crippen MR) is 115 cm³/mol. The minimum atomic E-state index is 0.0420. The van der Waals surface area contributed by atoms with E-state index in [2.05, 4.69) is 9.97 Å². The van der Waals surface area contributed by atoms with Crippen LogP contribution in [0.2, 0.25) is 5.02 Å². The summed E-state index contributed by atoms with van der Waals surface area (Å²) in [5.41, 5.74) is 2.66. The number of nitrogens with zero attached hydrogens (tertiary/aromatic N) is 3. The quantitative estimate of drug-likeness (QED) is 0.552. The molecule has 1 atom stereocenters. The lowest BCUT2D eigenvalue weighted by Crippen LogP contribution is -2.37. The van der Waals surface area contributed by atoms with Gasteiger partial charge < -0.3 is 9.64 Å². The standard InChI is InChI=1S/C22H22ClN3O2S/c23-20-8-2-1-7-19(20)22-25-17(15-29-22)11-21(27)26(14-18-6-4-10-28-18)13-16-5-3-9-24-12-16/h1-3,5,7-9,12,15,18H,4,6,10-11,13-14H2. The van der Waals surface area contributed by atoms with Crippen molar-refractivity contribution in [3.63, 3.8) is 0 Å². The highest BCUT2D eigenvalue weighted by Gasteiger charge is 2.23. The summed E-state index contributed by atoms with van der Waals surface area (Å²) in [4.78, 5) is 23.8. The highest BCUT2D eigenvalue weighted by Crippen LogP contribution is 2.30. The number of carbonyl (C=O) groups is 1. The van der Waals surface area contributed by atoms with E-state index in [0.29, 0.717) is 18.1 Å². The number of hydrogen-bond acceptors (Lipinski definition) is 5. The van der Waals surface area contributed by atoms with Gasteiger partial charge in [0.2, 0.25) is 5.91 Å². The first-order valence-electron chi connectivity index (χ1n) is 9.66. The van der Waals surface area contributed by atoms with Crippen LogP contribution in [0.4, 0.5) is 0 Å². The van der Waals surface area contributed by atoms with Crippen molar-refractivity contribution in [2.45, 2.75) is 31.9 Å². The van der Waals surface area contributed by atoms with Crippen molar-refractivity contribution < 1.29 is 9.53 Å². The number of pyridine rings is 1. The Labute approximate surface area is 179 Å². The maximum Gasteiger partial charge on any atom is 0.229 e. The molecule has 29 heavy (non-hydrogen) atoms. The molecule has 0 bridgehead atoms. The van der Waals surface area contributed by atoms with Crippen LogP contribution in [0.1, 0.15) is 24.1 Å². The fourth-order valence-electron chi connectivity index (χ4n) is 3.41. The van der Waals surface area contributed by atoms with E-state index < -0.39 is 0 Å². The summed E-state index contributed by atoms with van der Waals surface area (Å²) in [5, 5.41) is 3.43. The van der Waals surface area contributed by atoms with Gasteiger partial charge in [-0.25, -0.2) is 4.98 Å². The first kappa shape index (κ1) is 20.0. The SMILES string of the molecule is O=C(Cc1csc(-c2ccccc2Cl)n1)N(Cc1cccnc1)CC1CCCO1. The molecule has 1 fully saturated rings. The van der Waals surface area contributed by atoms with E-state index in [0.717, 1.165) is 41.3 Å². The third kappa shape index (κ3) is 5.21. The molecule has 1 saturated heterocycles. The summed E-state index contributed by atoms with van der Waals surface area (Å²) in [7, 11) is 0. The summed E-state index contributed by atoms with van der Waals surface area (Å²) in [6.07, 6.45) is 5.94. The second-order valence-corrected chi connectivity index (χ2v) is 8.34. The monoisotopic (exact) mass is 427 g/mol. The Hall–Kier alpha value is -2.28. The molecule has 0 spiro atoms. The number of thiazole rings is 1. The van der Waals surface area contributed by atoms with Crippen LogP contribution in [0.25, 0.3) is 10.6 Å². The van der Waals surface area contributed by atoms with Crippen molar-refractivity contribution in [3.8, 4) is 10.6 Å². The Bertz CT molecular complexity index is 957. The van der Waals surface area contributed by atoms with Crippen LogP contribution in [0.5, 0.6) is 0 Å². The van der Waals surface area contributed by atoms with Gasteiger partial charge in [0.15, 0.2) is 0 Å². The second kappa shape index (κ2) is 9.48. The molecule has 1 aliphatic heterocycles. The zero-order valence-electron chi connectivity index (χ0n) is 16.0. The first-order chi connectivity index (χ1) is 14.2. The molecule has 2 aromatic heterocycles. The van der Waals surface area contributed by atoms with Gasteiger partial charge in [-0.3, -0.25) is 9.78 Å². The fraction of sp³-hybridized carbons (Fsp3) is 0.318. The van der Waals surface area contributed by atoms with Crippen molar-refractivity contribution in [1.29, 1.82) is 0 Å². The largest absolute Gasteiger partial charge is 0.376 e. The maximum absolute atomic E-state index is 13.1. The Balaban J connectivity index is 1.48. The molecule has 7 heteroatoms. The average molecular weight is 428 g/mol. The van der Waals surface area contributed by atoms with Crippen molar-refractivity contribution in [2.24, 2.45) is 0 Å². The number of carbonyl (C=O) groups excluding carboxylic acids is 1. The minimum Gasteiger partial charge on any atom is -0.376 e. The number of benzene rings is 1. The van der Waals surface area contributed by atoms with E-state index in [9.17, 15) is 4.79 Å². The van der Waals surface area contributed by atoms with Crippen LogP contribution in [0.3, 0.4) is 0 Å². The minimum absolute atomic E-state index is 0.0420. The number of amides is 1. The van der Waals surface area contributed by atoms with Crippen LogP contribution in [-0.4, -0.2) is 40.0 Å². The molecule has 3 aromatic rings. The van der Waals surface area contributed by atoms with E-state index in [4.69, 9.17) is 16.3 Å². The zero-order chi connectivity index (χ0) is 20.1. The zero-order valence-corrected chi connectivity index (χ0v) is 17.5. The van der Waals surface area contributed by atoms with Crippen molar-refractivity contribution in [1.82, 2.24) is 14.9 Å². The second-order valence-electron chi connectivity index (χ2n) is 7.07. The van der Waals surface area contributed by atoms with E-state index >= 15 is 0 Å². The van der Waals surface area contributed by atoms with Gasteiger partial charge in [0.25, 0.3) is 0 Å². The van der Waals surface area contributed by atoms with Crippen molar-refractivity contribution in [3.05, 3.63) is 70.5 Å². The van der Waals surface area contributed by atoms with Crippen LogP contribution in [-0.2, 0) is 22.5 Å². The molecule has 1 aromatic carbocycles. The normalized spacial score (nSPS) is 16.1. The fourth-order valence-corrected chi connectivity index (χ4v) is 4.55. The molecule has 0 radical (unpaired) electrons. The Kier molecular flexibility index (Phi) is 6.54. The van der Waals surface area contributed by atoms with Crippen molar-refractivity contribution in [2.75, 3.05) is 13.2 Å². The summed E-state index contributed by atoms with van der Waals surface area (Å²) in [6.45, 7) is 1.89. The summed E-state index contributed by atoms with van der Waals surface area (Å²) in [5.74, 6) is 0.0420. The number of rotatable bonds is 7. The van der Waals surface area contributed by atoms with Crippen molar-refractivity contribution >= 4 is 28.8 Å². The van der Waals surface area contributed by atoms with Gasteiger partial charge in [-0.15, -0.1) is 11.3 Å². The highest BCUT2D eigenvalue weighted by molar-refractivity contribution is 7.13. The third-order valence-electron chi connectivity index (χ3n) is 4.89. The lowest BCUT2D eigenvalue weighted by atomic mass is 10.2. The highest BCUT2D eigenvalue weighted by atomic mass is 35.5. The Morgan fingerprint density at radius 3 is 2.93 bits per heavy atom. The van der Waals surface area contributed by atoms with Gasteiger partial charge in [0.05, 0.1) is 23.2 Å². The molecule has 1 aliphatic rings. The van der Waals surface area contributed by atoms with Gasteiger partial charge in [-0.2, -0.15) is 0 Å². The molecule has 1 amide bonds. The maximum atomic E-state index is 13.1. The predicted octanol–water partition coefficient (Wildman–Crippen LogP) is 4.61. The van der Waals surface area contributed by atoms with Gasteiger partial charge >= 0.3 is 0 Å². The lowest BCUT2D eigenvalue weighted by molar-refractivity contribution is -0.132. The number of halogens is 1.